The quantitative estimate of drug-likeness (QED) is 0.772. The molecule has 1 aromatic rings. The average Bonchev–Trinajstić information content (AvgIpc) is 2.38. The van der Waals surface area contributed by atoms with Crippen LogP contribution < -0.4 is 0 Å². The van der Waals surface area contributed by atoms with Gasteiger partial charge >= 0.3 is 0 Å². The molecule has 0 saturated carbocycles. The number of Topliss-reactive ketones (excluding diaryl/α,β-unsaturated/α-hetero) is 1. The van der Waals surface area contributed by atoms with E-state index in [9.17, 15) is 4.79 Å². The van der Waals surface area contributed by atoms with Crippen LogP contribution in [0.15, 0.2) is 24.3 Å². The number of hydrogen-bond donors (Lipinski definition) is 0. The fourth-order valence-corrected chi connectivity index (χ4v) is 2.71. The molecule has 1 unspecified atom stereocenters. The van der Waals surface area contributed by atoms with Crippen LogP contribution in [0, 0.1) is 0 Å². The van der Waals surface area contributed by atoms with Crippen molar-refractivity contribution in [1.29, 1.82) is 0 Å². The first-order valence-corrected chi connectivity index (χ1v) is 7.03. The standard InChI is InChI=1S/C15H20ClNO/c1-17-11-3-2-4-14(17)9-10-15(18)12-5-7-13(16)8-6-12/h5-8,14H,2-4,9-11H2,1H3. The lowest BCUT2D eigenvalue weighted by Gasteiger charge is -2.32. The van der Waals surface area contributed by atoms with Gasteiger partial charge in [0.15, 0.2) is 5.78 Å². The van der Waals surface area contributed by atoms with Crippen LogP contribution in [-0.2, 0) is 0 Å². The zero-order valence-corrected chi connectivity index (χ0v) is 11.6. The molecule has 0 spiro atoms. The molecule has 0 N–H and O–H groups in total. The highest BCUT2D eigenvalue weighted by Gasteiger charge is 2.19. The third kappa shape index (κ3) is 3.56. The predicted molar refractivity (Wildman–Crippen MR) is 75.3 cm³/mol. The summed E-state index contributed by atoms with van der Waals surface area (Å²) in [6.07, 6.45) is 5.42. The number of likely N-dealkylation sites (tertiary alicyclic amines) is 1. The van der Waals surface area contributed by atoms with Crippen molar-refractivity contribution in [3.8, 4) is 0 Å². The van der Waals surface area contributed by atoms with Crippen molar-refractivity contribution >= 4 is 17.4 Å². The molecule has 1 atom stereocenters. The van der Waals surface area contributed by atoms with Crippen molar-refractivity contribution in [2.24, 2.45) is 0 Å². The van der Waals surface area contributed by atoms with E-state index in [1.54, 1.807) is 12.1 Å². The highest BCUT2D eigenvalue weighted by Crippen LogP contribution is 2.20. The van der Waals surface area contributed by atoms with Gasteiger partial charge in [0.1, 0.15) is 0 Å². The fourth-order valence-electron chi connectivity index (χ4n) is 2.59. The number of benzene rings is 1. The second-order valence-electron chi connectivity index (χ2n) is 5.10. The second kappa shape index (κ2) is 6.35. The van der Waals surface area contributed by atoms with Gasteiger partial charge in [0, 0.05) is 23.0 Å². The third-order valence-corrected chi connectivity index (χ3v) is 4.04. The maximum atomic E-state index is 12.0. The van der Waals surface area contributed by atoms with E-state index in [-0.39, 0.29) is 5.78 Å². The number of hydrogen-bond acceptors (Lipinski definition) is 2. The second-order valence-corrected chi connectivity index (χ2v) is 5.54. The van der Waals surface area contributed by atoms with Crippen LogP contribution in [0.4, 0.5) is 0 Å². The number of piperidine rings is 1. The molecule has 0 bridgehead atoms. The summed E-state index contributed by atoms with van der Waals surface area (Å²) in [4.78, 5) is 14.4. The number of ketones is 1. The van der Waals surface area contributed by atoms with Crippen molar-refractivity contribution < 1.29 is 4.79 Å². The first kappa shape index (κ1) is 13.6. The summed E-state index contributed by atoms with van der Waals surface area (Å²) < 4.78 is 0. The minimum absolute atomic E-state index is 0.227. The van der Waals surface area contributed by atoms with Gasteiger partial charge in [-0.25, -0.2) is 0 Å². The molecule has 1 fully saturated rings. The molecule has 18 heavy (non-hydrogen) atoms. The zero-order valence-electron chi connectivity index (χ0n) is 10.9. The molecule has 1 saturated heterocycles. The van der Waals surface area contributed by atoms with E-state index in [2.05, 4.69) is 11.9 Å². The smallest absolute Gasteiger partial charge is 0.162 e. The van der Waals surface area contributed by atoms with E-state index in [0.29, 0.717) is 17.5 Å². The maximum absolute atomic E-state index is 12.0. The van der Waals surface area contributed by atoms with Crippen molar-refractivity contribution in [1.82, 2.24) is 4.90 Å². The molecule has 0 radical (unpaired) electrons. The van der Waals surface area contributed by atoms with E-state index in [0.717, 1.165) is 12.0 Å². The van der Waals surface area contributed by atoms with Gasteiger partial charge in [-0.05, 0) is 57.1 Å². The van der Waals surface area contributed by atoms with Crippen LogP contribution >= 0.6 is 11.6 Å². The lowest BCUT2D eigenvalue weighted by Crippen LogP contribution is -2.36. The molecule has 0 amide bonds. The molecule has 3 heteroatoms. The Morgan fingerprint density at radius 3 is 2.72 bits per heavy atom. The van der Waals surface area contributed by atoms with Gasteiger partial charge in [-0.2, -0.15) is 0 Å². The van der Waals surface area contributed by atoms with E-state index in [1.807, 2.05) is 12.1 Å². The molecule has 0 aromatic heterocycles. The minimum atomic E-state index is 0.227. The van der Waals surface area contributed by atoms with E-state index >= 15 is 0 Å². The van der Waals surface area contributed by atoms with Crippen LogP contribution in [-0.4, -0.2) is 30.3 Å². The molecular formula is C15H20ClNO. The van der Waals surface area contributed by atoms with Crippen molar-refractivity contribution in [3.05, 3.63) is 34.9 Å². The molecule has 2 rings (SSSR count). The molecule has 1 aliphatic rings. The van der Waals surface area contributed by atoms with Gasteiger partial charge in [0.2, 0.25) is 0 Å². The Bertz CT molecular complexity index is 401. The number of carbonyl (C=O) groups is 1. The third-order valence-electron chi connectivity index (χ3n) is 3.79. The van der Waals surface area contributed by atoms with Crippen molar-refractivity contribution in [2.45, 2.75) is 38.1 Å². The molecule has 1 heterocycles. The summed E-state index contributed by atoms with van der Waals surface area (Å²) in [6.45, 7) is 1.17. The normalized spacial score (nSPS) is 20.9. The Balaban J connectivity index is 1.86. The number of carbonyl (C=O) groups excluding carboxylic acids is 1. The number of rotatable bonds is 4. The van der Waals surface area contributed by atoms with Gasteiger partial charge in [0.25, 0.3) is 0 Å². The van der Waals surface area contributed by atoms with Crippen LogP contribution in [0.2, 0.25) is 5.02 Å². The Morgan fingerprint density at radius 2 is 2.06 bits per heavy atom. The summed E-state index contributed by atoms with van der Waals surface area (Å²) in [6, 6.07) is 7.77. The number of halogens is 1. The lowest BCUT2D eigenvalue weighted by molar-refractivity contribution is 0.0954. The Labute approximate surface area is 114 Å². The van der Waals surface area contributed by atoms with E-state index in [4.69, 9.17) is 11.6 Å². The van der Waals surface area contributed by atoms with Gasteiger partial charge in [-0.1, -0.05) is 18.0 Å². The van der Waals surface area contributed by atoms with Crippen LogP contribution in [0.5, 0.6) is 0 Å². The molecular weight excluding hydrogens is 246 g/mol. The molecule has 1 aliphatic heterocycles. The van der Waals surface area contributed by atoms with Crippen LogP contribution in [0.25, 0.3) is 0 Å². The van der Waals surface area contributed by atoms with Crippen molar-refractivity contribution in [3.63, 3.8) is 0 Å². The summed E-state index contributed by atoms with van der Waals surface area (Å²) in [5, 5.41) is 0.679. The molecule has 98 valence electrons. The first-order valence-electron chi connectivity index (χ1n) is 6.66. The fraction of sp³-hybridized carbons (Fsp3) is 0.533. The number of nitrogens with zero attached hydrogens (tertiary/aromatic N) is 1. The van der Waals surface area contributed by atoms with Gasteiger partial charge in [-0.3, -0.25) is 4.79 Å². The Hall–Kier alpha value is -0.860. The lowest BCUT2D eigenvalue weighted by atomic mass is 9.96. The minimum Gasteiger partial charge on any atom is -0.303 e. The molecule has 0 aliphatic carbocycles. The topological polar surface area (TPSA) is 20.3 Å². The zero-order chi connectivity index (χ0) is 13.0. The van der Waals surface area contributed by atoms with Crippen molar-refractivity contribution in [2.75, 3.05) is 13.6 Å². The average molecular weight is 266 g/mol. The first-order chi connectivity index (χ1) is 8.66. The van der Waals surface area contributed by atoms with Gasteiger partial charge in [0.05, 0.1) is 0 Å². The Morgan fingerprint density at radius 1 is 1.33 bits per heavy atom. The van der Waals surface area contributed by atoms with E-state index < -0.39 is 0 Å². The predicted octanol–water partition coefficient (Wildman–Crippen LogP) is 3.79. The largest absolute Gasteiger partial charge is 0.303 e. The summed E-state index contributed by atoms with van der Waals surface area (Å²) >= 11 is 5.82. The Kier molecular flexibility index (Phi) is 4.79. The maximum Gasteiger partial charge on any atom is 0.162 e. The van der Waals surface area contributed by atoms with Gasteiger partial charge < -0.3 is 4.90 Å². The van der Waals surface area contributed by atoms with Crippen LogP contribution in [0.3, 0.4) is 0 Å². The SMILES string of the molecule is CN1CCCCC1CCC(=O)c1ccc(Cl)cc1. The highest BCUT2D eigenvalue weighted by atomic mass is 35.5. The summed E-state index contributed by atoms with van der Waals surface area (Å²) in [5.74, 6) is 0.227. The monoisotopic (exact) mass is 265 g/mol. The summed E-state index contributed by atoms with van der Waals surface area (Å²) in [7, 11) is 2.16. The van der Waals surface area contributed by atoms with Gasteiger partial charge in [-0.15, -0.1) is 0 Å². The molecule has 1 aromatic carbocycles. The van der Waals surface area contributed by atoms with E-state index in [1.165, 1.54) is 25.8 Å². The van der Waals surface area contributed by atoms with Crippen LogP contribution in [0.1, 0.15) is 42.5 Å². The summed E-state index contributed by atoms with van der Waals surface area (Å²) in [5.41, 5.74) is 0.776. The molecule has 2 nitrogen and oxygen atoms in total. The highest BCUT2D eigenvalue weighted by molar-refractivity contribution is 6.30.